The third-order valence-electron chi connectivity index (χ3n) is 1.75. The maximum atomic E-state index is 10.9. The molecule has 3 nitrogen and oxygen atoms in total. The van der Waals surface area contributed by atoms with Gasteiger partial charge in [0.1, 0.15) is 0 Å². The summed E-state index contributed by atoms with van der Waals surface area (Å²) in [6.07, 6.45) is -0.978. The predicted octanol–water partition coefficient (Wildman–Crippen LogP) is 2.50. The summed E-state index contributed by atoms with van der Waals surface area (Å²) in [6, 6.07) is 6.77. The summed E-state index contributed by atoms with van der Waals surface area (Å²) >= 11 is 5.86. The van der Waals surface area contributed by atoms with E-state index >= 15 is 0 Å². The zero-order valence-corrected chi connectivity index (χ0v) is 8.49. The number of carbonyl (C=O) groups is 1. The van der Waals surface area contributed by atoms with Gasteiger partial charge >= 0.3 is 5.97 Å². The van der Waals surface area contributed by atoms with Crippen molar-refractivity contribution in [2.24, 2.45) is 0 Å². The molecule has 0 aliphatic rings. The first-order valence-corrected chi connectivity index (χ1v) is 4.63. The minimum absolute atomic E-state index is 0.336. The molecule has 1 rings (SSSR count). The molecule has 0 heterocycles. The smallest absolute Gasteiger partial charge is 0.337 e. The van der Waals surface area contributed by atoms with Crippen LogP contribution >= 0.6 is 11.6 Å². The molecule has 1 N–H and O–H groups in total. The number of carboxylic acid groups (broad SMARTS) is 1. The molecular weight excluding hydrogens is 204 g/mol. The minimum atomic E-state index is -1.03. The lowest BCUT2D eigenvalue weighted by molar-refractivity contribution is -0.150. The predicted molar refractivity (Wildman–Crippen MR) is 53.5 cm³/mol. The van der Waals surface area contributed by atoms with E-state index in [-0.39, 0.29) is 0 Å². The van der Waals surface area contributed by atoms with Gasteiger partial charge in [-0.1, -0.05) is 29.8 Å². The van der Waals surface area contributed by atoms with Crippen LogP contribution in [0, 0.1) is 0 Å². The SMILES string of the molecule is CCO[C@H](C(=O)O)c1ccccc1Cl. The Balaban J connectivity index is 2.99. The highest BCUT2D eigenvalue weighted by atomic mass is 35.5. The quantitative estimate of drug-likeness (QED) is 0.838. The lowest BCUT2D eigenvalue weighted by atomic mass is 10.1. The normalized spacial score (nSPS) is 12.4. The van der Waals surface area contributed by atoms with E-state index in [0.717, 1.165) is 0 Å². The second-order valence-electron chi connectivity index (χ2n) is 2.70. The van der Waals surface area contributed by atoms with Crippen molar-refractivity contribution in [1.82, 2.24) is 0 Å². The number of halogens is 1. The molecular formula is C10H11ClO3. The summed E-state index contributed by atoms with van der Waals surface area (Å²) in [7, 11) is 0. The molecule has 0 radical (unpaired) electrons. The molecule has 0 aliphatic carbocycles. The first-order chi connectivity index (χ1) is 6.66. The number of aliphatic carboxylic acids is 1. The van der Waals surface area contributed by atoms with Gasteiger partial charge in [-0.3, -0.25) is 0 Å². The van der Waals surface area contributed by atoms with Crippen molar-refractivity contribution >= 4 is 17.6 Å². The molecule has 4 heteroatoms. The van der Waals surface area contributed by atoms with Crippen molar-refractivity contribution in [2.75, 3.05) is 6.61 Å². The molecule has 0 fully saturated rings. The fourth-order valence-corrected chi connectivity index (χ4v) is 1.38. The number of hydrogen-bond acceptors (Lipinski definition) is 2. The van der Waals surface area contributed by atoms with E-state index in [4.69, 9.17) is 21.4 Å². The van der Waals surface area contributed by atoms with E-state index < -0.39 is 12.1 Å². The second-order valence-corrected chi connectivity index (χ2v) is 3.10. The highest BCUT2D eigenvalue weighted by Gasteiger charge is 2.21. The Morgan fingerprint density at radius 3 is 2.71 bits per heavy atom. The van der Waals surface area contributed by atoms with Gasteiger partial charge in [-0.25, -0.2) is 4.79 Å². The topological polar surface area (TPSA) is 46.5 Å². The van der Waals surface area contributed by atoms with Crippen LogP contribution in [-0.2, 0) is 9.53 Å². The third kappa shape index (κ3) is 2.47. The zero-order chi connectivity index (χ0) is 10.6. The number of benzene rings is 1. The highest BCUT2D eigenvalue weighted by molar-refractivity contribution is 6.31. The molecule has 76 valence electrons. The minimum Gasteiger partial charge on any atom is -0.479 e. The number of rotatable bonds is 4. The highest BCUT2D eigenvalue weighted by Crippen LogP contribution is 2.25. The van der Waals surface area contributed by atoms with Crippen LogP contribution in [0.1, 0.15) is 18.6 Å². The summed E-state index contributed by atoms with van der Waals surface area (Å²) < 4.78 is 5.09. The van der Waals surface area contributed by atoms with Crippen LogP contribution in [0.2, 0.25) is 5.02 Å². The standard InChI is InChI=1S/C10H11ClO3/c1-2-14-9(10(12)13)7-5-3-4-6-8(7)11/h3-6,9H,2H2,1H3,(H,12,13)/t9-/m0/s1. The lowest BCUT2D eigenvalue weighted by Gasteiger charge is -2.13. The van der Waals surface area contributed by atoms with Gasteiger partial charge < -0.3 is 9.84 Å². The molecule has 0 saturated carbocycles. The Bertz CT molecular complexity index is 325. The van der Waals surface area contributed by atoms with Crippen LogP contribution in [0.15, 0.2) is 24.3 Å². The van der Waals surface area contributed by atoms with Gasteiger partial charge in [-0.2, -0.15) is 0 Å². The van der Waals surface area contributed by atoms with E-state index in [2.05, 4.69) is 0 Å². The molecule has 0 bridgehead atoms. The largest absolute Gasteiger partial charge is 0.479 e. The molecule has 0 aromatic heterocycles. The number of ether oxygens (including phenoxy) is 1. The van der Waals surface area contributed by atoms with Crippen molar-refractivity contribution in [3.63, 3.8) is 0 Å². The van der Waals surface area contributed by atoms with Gasteiger partial charge in [0, 0.05) is 17.2 Å². The third-order valence-corrected chi connectivity index (χ3v) is 2.09. The second kappa shape index (κ2) is 4.98. The summed E-state index contributed by atoms with van der Waals surface area (Å²) in [5.41, 5.74) is 0.489. The van der Waals surface area contributed by atoms with Gasteiger partial charge in [-0.05, 0) is 13.0 Å². The first kappa shape index (κ1) is 11.0. The molecule has 1 atom stereocenters. The van der Waals surface area contributed by atoms with E-state index in [1.54, 1.807) is 31.2 Å². The van der Waals surface area contributed by atoms with Crippen LogP contribution < -0.4 is 0 Å². The maximum Gasteiger partial charge on any atom is 0.337 e. The molecule has 1 aromatic carbocycles. The molecule has 0 aliphatic heterocycles. The van der Waals surface area contributed by atoms with Gasteiger partial charge in [0.05, 0.1) is 0 Å². The fraction of sp³-hybridized carbons (Fsp3) is 0.300. The average molecular weight is 215 g/mol. The molecule has 1 aromatic rings. The summed E-state index contributed by atoms with van der Waals surface area (Å²) in [6.45, 7) is 2.08. The average Bonchev–Trinajstić information content (AvgIpc) is 2.15. The fourth-order valence-electron chi connectivity index (χ4n) is 1.15. The van der Waals surface area contributed by atoms with Crippen LogP contribution in [-0.4, -0.2) is 17.7 Å². The van der Waals surface area contributed by atoms with Gasteiger partial charge in [-0.15, -0.1) is 0 Å². The molecule has 0 unspecified atom stereocenters. The van der Waals surface area contributed by atoms with E-state index in [0.29, 0.717) is 17.2 Å². The summed E-state index contributed by atoms with van der Waals surface area (Å²) in [5, 5.41) is 9.31. The van der Waals surface area contributed by atoms with Crippen molar-refractivity contribution in [2.45, 2.75) is 13.0 Å². The Kier molecular flexibility index (Phi) is 3.92. The maximum absolute atomic E-state index is 10.9. The Morgan fingerprint density at radius 2 is 2.21 bits per heavy atom. The van der Waals surface area contributed by atoms with Crippen molar-refractivity contribution < 1.29 is 14.6 Å². The van der Waals surface area contributed by atoms with Crippen LogP contribution in [0.25, 0.3) is 0 Å². The monoisotopic (exact) mass is 214 g/mol. The van der Waals surface area contributed by atoms with Crippen LogP contribution in [0.3, 0.4) is 0 Å². The Morgan fingerprint density at radius 1 is 1.57 bits per heavy atom. The summed E-state index contributed by atoms with van der Waals surface area (Å²) in [5.74, 6) is -1.03. The number of carboxylic acids is 1. The zero-order valence-electron chi connectivity index (χ0n) is 7.74. The van der Waals surface area contributed by atoms with Crippen molar-refractivity contribution in [1.29, 1.82) is 0 Å². The van der Waals surface area contributed by atoms with Crippen molar-refractivity contribution in [3.05, 3.63) is 34.9 Å². The lowest BCUT2D eigenvalue weighted by Crippen LogP contribution is -2.15. The van der Waals surface area contributed by atoms with Gasteiger partial charge in [0.25, 0.3) is 0 Å². The van der Waals surface area contributed by atoms with E-state index in [1.165, 1.54) is 0 Å². The van der Waals surface area contributed by atoms with E-state index in [9.17, 15) is 4.79 Å². The number of hydrogen-bond donors (Lipinski definition) is 1. The molecule has 0 spiro atoms. The molecule has 14 heavy (non-hydrogen) atoms. The van der Waals surface area contributed by atoms with Crippen molar-refractivity contribution in [3.8, 4) is 0 Å². The van der Waals surface area contributed by atoms with Crippen LogP contribution in [0.5, 0.6) is 0 Å². The Hall–Kier alpha value is -1.06. The summed E-state index contributed by atoms with van der Waals surface area (Å²) in [4.78, 5) is 10.9. The Labute approximate surface area is 87.3 Å². The molecule has 0 amide bonds. The van der Waals surface area contributed by atoms with Gasteiger partial charge in [0.2, 0.25) is 0 Å². The van der Waals surface area contributed by atoms with Gasteiger partial charge in [0.15, 0.2) is 6.10 Å². The molecule has 0 saturated heterocycles. The van der Waals surface area contributed by atoms with Crippen LogP contribution in [0.4, 0.5) is 0 Å². The first-order valence-electron chi connectivity index (χ1n) is 4.25. The van der Waals surface area contributed by atoms with E-state index in [1.807, 2.05) is 0 Å².